The van der Waals surface area contributed by atoms with Gasteiger partial charge in [-0.1, -0.05) is 24.8 Å². The normalized spacial score (nSPS) is 9.31. The summed E-state index contributed by atoms with van der Waals surface area (Å²) in [4.78, 5) is 10.8. The van der Waals surface area contributed by atoms with Crippen molar-refractivity contribution in [3.05, 3.63) is 30.3 Å². The van der Waals surface area contributed by atoms with E-state index in [9.17, 15) is 9.90 Å². The first kappa shape index (κ1) is 9.32. The molecule has 0 aromatic heterocycles. The first-order chi connectivity index (χ1) is 6.15. The predicted octanol–water partition coefficient (Wildman–Crippen LogP) is 1.99. The molecule has 68 valence electrons. The molecule has 0 heterocycles. The van der Waals surface area contributed by atoms with Crippen LogP contribution in [0.3, 0.4) is 0 Å². The van der Waals surface area contributed by atoms with Crippen LogP contribution in [0, 0.1) is 0 Å². The summed E-state index contributed by atoms with van der Waals surface area (Å²) in [7, 11) is 0. The number of para-hydroxylation sites is 1. The number of aromatic hydroxyl groups is 1. The van der Waals surface area contributed by atoms with Gasteiger partial charge in [-0.3, -0.25) is 4.79 Å². The second-order valence-corrected chi connectivity index (χ2v) is 2.63. The van der Waals surface area contributed by atoms with Crippen molar-refractivity contribution in [2.45, 2.75) is 6.92 Å². The Morgan fingerprint density at radius 3 is 2.85 bits per heavy atom. The number of benzene rings is 1. The van der Waals surface area contributed by atoms with Crippen molar-refractivity contribution < 1.29 is 9.90 Å². The summed E-state index contributed by atoms with van der Waals surface area (Å²) in [6, 6.07) is 4.97. The molecule has 2 N–H and O–H groups in total. The maximum Gasteiger partial charge on any atom is 0.221 e. The average molecular weight is 177 g/mol. The summed E-state index contributed by atoms with van der Waals surface area (Å²) in [6.07, 6.45) is 1.57. The molecule has 1 aromatic rings. The van der Waals surface area contributed by atoms with Crippen molar-refractivity contribution in [3.8, 4) is 5.75 Å². The zero-order valence-electron chi connectivity index (χ0n) is 7.37. The van der Waals surface area contributed by atoms with Crippen LogP contribution in [0.4, 0.5) is 5.69 Å². The topological polar surface area (TPSA) is 49.3 Å². The molecule has 0 aliphatic rings. The molecular weight excluding hydrogens is 166 g/mol. The Kier molecular flexibility index (Phi) is 2.69. The van der Waals surface area contributed by atoms with Crippen molar-refractivity contribution in [1.82, 2.24) is 0 Å². The van der Waals surface area contributed by atoms with Gasteiger partial charge in [-0.25, -0.2) is 0 Å². The minimum absolute atomic E-state index is 0.0487. The summed E-state index contributed by atoms with van der Waals surface area (Å²) in [6.45, 7) is 4.97. The quantitative estimate of drug-likeness (QED) is 0.679. The van der Waals surface area contributed by atoms with Crippen LogP contribution in [-0.4, -0.2) is 11.0 Å². The fourth-order valence-corrected chi connectivity index (χ4v) is 1.04. The molecule has 13 heavy (non-hydrogen) atoms. The number of anilines is 1. The van der Waals surface area contributed by atoms with E-state index in [1.54, 1.807) is 18.2 Å². The molecule has 3 nitrogen and oxygen atoms in total. The number of nitrogens with one attached hydrogen (secondary N) is 1. The fourth-order valence-electron chi connectivity index (χ4n) is 1.04. The van der Waals surface area contributed by atoms with Crippen LogP contribution in [0.1, 0.15) is 12.5 Å². The molecule has 0 atom stereocenters. The minimum atomic E-state index is -0.218. The smallest absolute Gasteiger partial charge is 0.221 e. The number of rotatable bonds is 2. The maximum absolute atomic E-state index is 10.8. The van der Waals surface area contributed by atoms with Crippen molar-refractivity contribution >= 4 is 17.7 Å². The molecule has 0 saturated carbocycles. The minimum Gasteiger partial charge on any atom is -0.506 e. The van der Waals surface area contributed by atoms with Gasteiger partial charge in [0.25, 0.3) is 0 Å². The molecular formula is C10H11NO2. The highest BCUT2D eigenvalue weighted by Crippen LogP contribution is 2.27. The van der Waals surface area contributed by atoms with Gasteiger partial charge in [-0.2, -0.15) is 0 Å². The Balaban J connectivity index is 3.14. The predicted molar refractivity (Wildman–Crippen MR) is 52.5 cm³/mol. The van der Waals surface area contributed by atoms with Gasteiger partial charge in [0.15, 0.2) is 0 Å². The van der Waals surface area contributed by atoms with Gasteiger partial charge < -0.3 is 10.4 Å². The third-order valence-corrected chi connectivity index (χ3v) is 1.60. The van der Waals surface area contributed by atoms with E-state index in [2.05, 4.69) is 11.9 Å². The van der Waals surface area contributed by atoms with E-state index in [1.807, 2.05) is 0 Å². The van der Waals surface area contributed by atoms with Gasteiger partial charge in [0.05, 0.1) is 5.69 Å². The van der Waals surface area contributed by atoms with Gasteiger partial charge >= 0.3 is 0 Å². The zero-order chi connectivity index (χ0) is 9.84. The average Bonchev–Trinajstić information content (AvgIpc) is 2.08. The van der Waals surface area contributed by atoms with Crippen LogP contribution < -0.4 is 5.32 Å². The van der Waals surface area contributed by atoms with Gasteiger partial charge in [0.2, 0.25) is 5.91 Å². The second kappa shape index (κ2) is 3.76. The monoisotopic (exact) mass is 177 g/mol. The number of hydrogen-bond donors (Lipinski definition) is 2. The van der Waals surface area contributed by atoms with E-state index in [0.29, 0.717) is 11.3 Å². The second-order valence-electron chi connectivity index (χ2n) is 2.63. The molecule has 0 aliphatic heterocycles. The Labute approximate surface area is 76.7 Å². The number of carbonyl (C=O) groups excluding carboxylic acids is 1. The Bertz CT molecular complexity index is 345. The van der Waals surface area contributed by atoms with Gasteiger partial charge in [0.1, 0.15) is 5.75 Å². The lowest BCUT2D eigenvalue weighted by molar-refractivity contribution is -0.114. The third-order valence-electron chi connectivity index (χ3n) is 1.60. The summed E-state index contributed by atoms with van der Waals surface area (Å²) in [5.41, 5.74) is 1.11. The lowest BCUT2D eigenvalue weighted by Crippen LogP contribution is -2.07. The Hall–Kier alpha value is -1.77. The highest BCUT2D eigenvalue weighted by molar-refractivity contribution is 5.93. The maximum atomic E-state index is 10.8. The Morgan fingerprint density at radius 1 is 1.62 bits per heavy atom. The van der Waals surface area contributed by atoms with E-state index in [1.165, 1.54) is 13.0 Å². The van der Waals surface area contributed by atoms with E-state index in [-0.39, 0.29) is 11.7 Å². The fraction of sp³-hybridized carbons (Fsp3) is 0.100. The summed E-state index contributed by atoms with van der Waals surface area (Å²) in [5, 5.41) is 11.9. The number of hydrogen-bond acceptors (Lipinski definition) is 2. The molecule has 1 aromatic carbocycles. The molecule has 0 bridgehead atoms. The number of carbonyl (C=O) groups is 1. The first-order valence-corrected chi connectivity index (χ1v) is 3.87. The summed E-state index contributed by atoms with van der Waals surface area (Å²) < 4.78 is 0. The zero-order valence-corrected chi connectivity index (χ0v) is 7.37. The van der Waals surface area contributed by atoms with Crippen molar-refractivity contribution in [1.29, 1.82) is 0 Å². The van der Waals surface area contributed by atoms with Crippen LogP contribution in [0.15, 0.2) is 24.8 Å². The van der Waals surface area contributed by atoms with Crippen LogP contribution in [0.25, 0.3) is 6.08 Å². The van der Waals surface area contributed by atoms with Crippen molar-refractivity contribution in [2.24, 2.45) is 0 Å². The molecule has 1 amide bonds. The first-order valence-electron chi connectivity index (χ1n) is 3.87. The largest absolute Gasteiger partial charge is 0.506 e. The van der Waals surface area contributed by atoms with E-state index in [4.69, 9.17) is 0 Å². The molecule has 0 spiro atoms. The number of phenolic OH excluding ortho intramolecular Hbond substituents is 1. The van der Waals surface area contributed by atoms with Crippen LogP contribution in [-0.2, 0) is 4.79 Å². The van der Waals surface area contributed by atoms with E-state index >= 15 is 0 Å². The summed E-state index contributed by atoms with van der Waals surface area (Å²) in [5.74, 6) is -0.169. The molecule has 1 rings (SSSR count). The molecule has 0 radical (unpaired) electrons. The molecule has 0 fully saturated rings. The van der Waals surface area contributed by atoms with E-state index in [0.717, 1.165) is 0 Å². The molecule has 3 heteroatoms. The van der Waals surface area contributed by atoms with Gasteiger partial charge in [0, 0.05) is 12.5 Å². The SMILES string of the molecule is C=Cc1cccc(O)c1NC(C)=O. The highest BCUT2D eigenvalue weighted by atomic mass is 16.3. The van der Waals surface area contributed by atoms with Crippen LogP contribution >= 0.6 is 0 Å². The molecule has 0 aliphatic carbocycles. The van der Waals surface area contributed by atoms with Crippen LogP contribution in [0.5, 0.6) is 5.75 Å². The Morgan fingerprint density at radius 2 is 2.31 bits per heavy atom. The highest BCUT2D eigenvalue weighted by Gasteiger charge is 2.05. The van der Waals surface area contributed by atoms with Crippen molar-refractivity contribution in [2.75, 3.05) is 5.32 Å². The molecule has 0 saturated heterocycles. The number of phenols is 1. The lowest BCUT2D eigenvalue weighted by Gasteiger charge is -2.07. The standard InChI is InChI=1S/C10H11NO2/c1-3-8-5-4-6-9(13)10(8)11-7(2)12/h3-6,13H,1H2,2H3,(H,11,12). The van der Waals surface area contributed by atoms with E-state index < -0.39 is 0 Å². The molecule has 0 unspecified atom stereocenters. The van der Waals surface area contributed by atoms with Crippen LogP contribution in [0.2, 0.25) is 0 Å². The van der Waals surface area contributed by atoms with Gasteiger partial charge in [-0.05, 0) is 6.07 Å². The summed E-state index contributed by atoms with van der Waals surface area (Å²) >= 11 is 0. The lowest BCUT2D eigenvalue weighted by atomic mass is 10.1. The number of amides is 1. The van der Waals surface area contributed by atoms with Gasteiger partial charge in [-0.15, -0.1) is 0 Å². The third kappa shape index (κ3) is 2.08. The van der Waals surface area contributed by atoms with Crippen molar-refractivity contribution in [3.63, 3.8) is 0 Å².